The molecular weight excluding hydrogens is 566 g/mol. The molecule has 4 N–H and O–H groups in total. The normalized spacial score (nSPS) is 20.9. The summed E-state index contributed by atoms with van der Waals surface area (Å²) in [5.41, 5.74) is 2.67. The summed E-state index contributed by atoms with van der Waals surface area (Å²) in [6, 6.07) is -3.03. The van der Waals surface area contributed by atoms with E-state index in [4.69, 9.17) is 0 Å². The number of hydrogen-bond donors (Lipinski definition) is 4. The van der Waals surface area contributed by atoms with Gasteiger partial charge in [-0.15, -0.1) is 12.3 Å². The molecule has 0 aromatic rings. The highest BCUT2D eigenvalue weighted by Crippen LogP contribution is 2.36. The highest BCUT2D eigenvalue weighted by molar-refractivity contribution is 6.37. The number of nitrogens with zero attached hydrogens (tertiary/aromatic N) is 3. The molecule has 1 aliphatic carbocycles. The van der Waals surface area contributed by atoms with Gasteiger partial charge in [0.15, 0.2) is 0 Å². The lowest BCUT2D eigenvalue weighted by Gasteiger charge is -2.40. The second-order valence-electron chi connectivity index (χ2n) is 13.8. The van der Waals surface area contributed by atoms with Crippen molar-refractivity contribution in [2.75, 3.05) is 46.3 Å². The Kier molecular flexibility index (Phi) is 10.7. The summed E-state index contributed by atoms with van der Waals surface area (Å²) in [5.74, 6) is -3.08. The quantitative estimate of drug-likeness (QED) is 0.153. The summed E-state index contributed by atoms with van der Waals surface area (Å²) in [6.07, 6.45) is 3.96. The first-order valence-corrected chi connectivity index (χ1v) is 15.0. The highest BCUT2D eigenvalue weighted by atomic mass is 16.2. The van der Waals surface area contributed by atoms with Crippen LogP contribution >= 0.6 is 0 Å². The standard InChI is InChI=1S/C31H47N7O6/c1-9-13-32-25(40)21(39)16-33-26(41)23-20-12-11-19(20)17-38(23)27(42)24(31(5,6)7)35-28(43)34-22(30(2,3)4)18-37-15-10-14-36(8)29(37)44/h9,12,20,22-24H,1,10,13-18H2,2-8H3,(H,32,40)(H,33,41)(H2,34,35,43)/t20?,22-,23+,24-/m1/s1. The molecule has 0 radical (unpaired) electrons. The van der Waals surface area contributed by atoms with E-state index in [2.05, 4.69) is 33.6 Å². The van der Waals surface area contributed by atoms with E-state index in [0.29, 0.717) is 19.6 Å². The van der Waals surface area contributed by atoms with Gasteiger partial charge in [-0.1, -0.05) is 47.6 Å². The van der Waals surface area contributed by atoms with E-state index in [1.807, 2.05) is 41.5 Å². The van der Waals surface area contributed by atoms with Crippen molar-refractivity contribution in [1.82, 2.24) is 36.0 Å². The first kappa shape index (κ1) is 34.4. The molecule has 44 heavy (non-hydrogen) atoms. The minimum atomic E-state index is -1.01. The van der Waals surface area contributed by atoms with Crippen molar-refractivity contribution in [3.8, 4) is 0 Å². The van der Waals surface area contributed by atoms with Gasteiger partial charge in [0.05, 0.1) is 19.1 Å². The molecule has 2 saturated heterocycles. The minimum absolute atomic E-state index is 0.0922. The minimum Gasteiger partial charge on any atom is -0.347 e. The molecule has 0 aromatic carbocycles. The Morgan fingerprint density at radius 2 is 1.73 bits per heavy atom. The largest absolute Gasteiger partial charge is 0.347 e. The van der Waals surface area contributed by atoms with Gasteiger partial charge in [-0.05, 0) is 23.3 Å². The molecule has 7 amide bonds. The number of hydrogen-bond acceptors (Lipinski definition) is 6. The van der Waals surface area contributed by atoms with Crippen LogP contribution in [-0.2, 0) is 19.2 Å². The van der Waals surface area contributed by atoms with Gasteiger partial charge in [-0.25, -0.2) is 9.59 Å². The monoisotopic (exact) mass is 613 g/mol. The molecular formula is C31H47N7O6. The second-order valence-corrected chi connectivity index (χ2v) is 13.8. The van der Waals surface area contributed by atoms with Crippen LogP contribution < -0.4 is 21.3 Å². The number of ketones is 1. The lowest BCUT2D eigenvalue weighted by atomic mass is 9.85. The van der Waals surface area contributed by atoms with Gasteiger partial charge in [0, 0.05) is 44.7 Å². The average Bonchev–Trinajstić information content (AvgIpc) is 3.18. The van der Waals surface area contributed by atoms with E-state index >= 15 is 0 Å². The van der Waals surface area contributed by atoms with Crippen molar-refractivity contribution in [2.24, 2.45) is 16.7 Å². The van der Waals surface area contributed by atoms with Gasteiger partial charge in [0.25, 0.3) is 5.91 Å². The third-order valence-electron chi connectivity index (χ3n) is 8.16. The predicted molar refractivity (Wildman–Crippen MR) is 164 cm³/mol. The Bertz CT molecular complexity index is 1260. The Labute approximate surface area is 259 Å². The van der Waals surface area contributed by atoms with E-state index < -0.39 is 65.0 Å². The number of Topliss-reactive ketones (excluding diaryl/α,β-unsaturated/α-hetero) is 1. The Morgan fingerprint density at radius 3 is 2.30 bits per heavy atom. The van der Waals surface area contributed by atoms with Crippen LogP contribution in [0.15, 0.2) is 30.0 Å². The molecule has 2 aliphatic heterocycles. The van der Waals surface area contributed by atoms with E-state index in [0.717, 1.165) is 12.0 Å². The SMILES string of the molecule is C=CCNC(=O)C(=O)CNC(=O)[C@@H]1C2C=C=C2CN1C(=O)[C@@H](NC(=O)N[C@H](CN1CCCN(C)C1=O)C(C)(C)C)C(C)(C)C. The molecule has 242 valence electrons. The number of amides is 7. The van der Waals surface area contributed by atoms with E-state index in [-0.39, 0.29) is 25.0 Å². The zero-order chi connectivity index (χ0) is 33.0. The molecule has 2 fully saturated rings. The zero-order valence-electron chi connectivity index (χ0n) is 26.9. The molecule has 13 nitrogen and oxygen atoms in total. The predicted octanol–water partition coefficient (Wildman–Crippen LogP) is 0.782. The smallest absolute Gasteiger partial charge is 0.319 e. The van der Waals surface area contributed by atoms with E-state index in [1.54, 1.807) is 22.9 Å². The summed E-state index contributed by atoms with van der Waals surface area (Å²) in [4.78, 5) is 82.4. The van der Waals surface area contributed by atoms with Crippen LogP contribution in [0.1, 0.15) is 48.0 Å². The van der Waals surface area contributed by atoms with Crippen molar-refractivity contribution in [3.63, 3.8) is 0 Å². The Balaban J connectivity index is 1.72. The first-order valence-electron chi connectivity index (χ1n) is 15.0. The lowest BCUT2D eigenvalue weighted by molar-refractivity contribution is -0.143. The summed E-state index contributed by atoms with van der Waals surface area (Å²) in [5, 5.41) is 10.7. The fourth-order valence-electron chi connectivity index (χ4n) is 5.34. The third kappa shape index (κ3) is 8.07. The highest BCUT2D eigenvalue weighted by Gasteiger charge is 2.49. The Hall–Kier alpha value is -4.12. The second kappa shape index (κ2) is 13.7. The molecule has 1 unspecified atom stereocenters. The van der Waals surface area contributed by atoms with Gasteiger partial charge in [0.2, 0.25) is 17.6 Å². The first-order chi connectivity index (χ1) is 20.4. The molecule has 2 heterocycles. The Morgan fingerprint density at radius 1 is 1.05 bits per heavy atom. The van der Waals surface area contributed by atoms with Crippen LogP contribution in [0.2, 0.25) is 0 Å². The number of likely N-dealkylation sites (tertiary alicyclic amines) is 1. The fraction of sp³-hybridized carbons (Fsp3) is 0.645. The van der Waals surface area contributed by atoms with Crippen molar-refractivity contribution in [2.45, 2.75) is 66.1 Å². The van der Waals surface area contributed by atoms with Gasteiger partial charge >= 0.3 is 12.1 Å². The number of nitrogens with one attached hydrogen (secondary N) is 4. The summed E-state index contributed by atoms with van der Waals surface area (Å²) < 4.78 is 0. The molecule has 13 heteroatoms. The molecule has 3 aliphatic rings. The topological polar surface area (TPSA) is 160 Å². The molecule has 4 atom stereocenters. The number of fused-ring (bicyclic) bond motifs is 1. The van der Waals surface area contributed by atoms with Crippen molar-refractivity contribution >= 4 is 35.6 Å². The number of rotatable bonds is 11. The van der Waals surface area contributed by atoms with Gasteiger partial charge < -0.3 is 36.0 Å². The van der Waals surface area contributed by atoms with Gasteiger partial charge in [-0.2, -0.15) is 0 Å². The lowest BCUT2D eigenvalue weighted by Crippen LogP contribution is -2.62. The van der Waals surface area contributed by atoms with Crippen LogP contribution in [0.25, 0.3) is 0 Å². The van der Waals surface area contributed by atoms with Crippen molar-refractivity contribution in [1.29, 1.82) is 0 Å². The molecule has 0 saturated carbocycles. The number of carbonyl (C=O) groups excluding carboxylic acids is 6. The maximum absolute atomic E-state index is 14.1. The summed E-state index contributed by atoms with van der Waals surface area (Å²) in [7, 11) is 1.75. The summed E-state index contributed by atoms with van der Waals surface area (Å²) >= 11 is 0. The van der Waals surface area contributed by atoms with Crippen LogP contribution in [-0.4, -0.2) is 115 Å². The van der Waals surface area contributed by atoms with Crippen molar-refractivity contribution in [3.05, 3.63) is 30.0 Å². The third-order valence-corrected chi connectivity index (χ3v) is 8.16. The maximum Gasteiger partial charge on any atom is 0.319 e. The van der Waals surface area contributed by atoms with Gasteiger partial charge in [0.1, 0.15) is 12.1 Å². The van der Waals surface area contributed by atoms with Crippen molar-refractivity contribution < 1.29 is 28.8 Å². The number of carbonyl (C=O) groups is 6. The maximum atomic E-state index is 14.1. The van der Waals surface area contributed by atoms with Gasteiger partial charge in [-0.3, -0.25) is 19.2 Å². The van der Waals surface area contributed by atoms with Crippen LogP contribution in [0, 0.1) is 16.7 Å². The number of urea groups is 2. The van der Waals surface area contributed by atoms with Crippen LogP contribution in [0.3, 0.4) is 0 Å². The molecule has 3 rings (SSSR count). The fourth-order valence-corrected chi connectivity index (χ4v) is 5.34. The van der Waals surface area contributed by atoms with Crippen LogP contribution in [0.5, 0.6) is 0 Å². The summed E-state index contributed by atoms with van der Waals surface area (Å²) in [6.45, 7) is 16.2. The van der Waals surface area contributed by atoms with E-state index in [9.17, 15) is 28.8 Å². The average molecular weight is 614 g/mol. The molecule has 0 bridgehead atoms. The zero-order valence-corrected chi connectivity index (χ0v) is 26.9. The molecule has 0 spiro atoms. The van der Waals surface area contributed by atoms with E-state index in [1.165, 1.54) is 11.0 Å². The molecule has 0 aromatic heterocycles. The van der Waals surface area contributed by atoms with Crippen LogP contribution in [0.4, 0.5) is 9.59 Å².